The maximum atomic E-state index is 14.8. The summed E-state index contributed by atoms with van der Waals surface area (Å²) in [6, 6.07) is 14.7. The SMILES string of the molecule is CC(C)(C)C1(CC#N)CCN(Cc2cc(O)c(-c3ccccc3)cc2F)CC1. The van der Waals surface area contributed by atoms with Gasteiger partial charge >= 0.3 is 0 Å². The number of piperidine rings is 1. The zero-order valence-corrected chi connectivity index (χ0v) is 17.0. The van der Waals surface area contributed by atoms with E-state index in [4.69, 9.17) is 0 Å². The monoisotopic (exact) mass is 380 g/mol. The molecule has 0 saturated carbocycles. The molecule has 1 saturated heterocycles. The normalized spacial score (nSPS) is 17.2. The van der Waals surface area contributed by atoms with Gasteiger partial charge in [-0.3, -0.25) is 4.90 Å². The minimum Gasteiger partial charge on any atom is -0.507 e. The number of phenols is 1. The number of aromatic hydroxyl groups is 1. The van der Waals surface area contributed by atoms with E-state index in [9.17, 15) is 14.8 Å². The fraction of sp³-hybridized carbons (Fsp3) is 0.458. The molecule has 28 heavy (non-hydrogen) atoms. The van der Waals surface area contributed by atoms with Gasteiger partial charge in [-0.15, -0.1) is 0 Å². The Morgan fingerprint density at radius 1 is 1.14 bits per heavy atom. The summed E-state index contributed by atoms with van der Waals surface area (Å²) in [6.45, 7) is 8.76. The molecule has 1 fully saturated rings. The van der Waals surface area contributed by atoms with E-state index in [0.29, 0.717) is 24.1 Å². The Kier molecular flexibility index (Phi) is 5.76. The van der Waals surface area contributed by atoms with Crippen LogP contribution >= 0.6 is 0 Å². The third-order valence-corrected chi connectivity index (χ3v) is 6.47. The molecule has 1 heterocycles. The third kappa shape index (κ3) is 4.05. The maximum Gasteiger partial charge on any atom is 0.128 e. The molecular formula is C24H29FN2O. The van der Waals surface area contributed by atoms with Crippen molar-refractivity contribution in [1.82, 2.24) is 4.90 Å². The maximum absolute atomic E-state index is 14.8. The first-order valence-electron chi connectivity index (χ1n) is 9.92. The van der Waals surface area contributed by atoms with E-state index in [1.54, 1.807) is 6.07 Å². The molecule has 1 aliphatic rings. The third-order valence-electron chi connectivity index (χ3n) is 6.47. The fourth-order valence-corrected chi connectivity index (χ4v) is 4.30. The quantitative estimate of drug-likeness (QED) is 0.736. The van der Waals surface area contributed by atoms with Crippen LogP contribution in [0, 0.1) is 28.0 Å². The van der Waals surface area contributed by atoms with E-state index in [-0.39, 0.29) is 22.4 Å². The lowest BCUT2D eigenvalue weighted by molar-refractivity contribution is 0.00682. The summed E-state index contributed by atoms with van der Waals surface area (Å²) in [5, 5.41) is 19.7. The van der Waals surface area contributed by atoms with E-state index in [1.807, 2.05) is 30.3 Å². The largest absolute Gasteiger partial charge is 0.507 e. The molecule has 3 nitrogen and oxygen atoms in total. The topological polar surface area (TPSA) is 47.3 Å². The molecule has 2 aromatic rings. The van der Waals surface area contributed by atoms with Crippen LogP contribution in [0.2, 0.25) is 0 Å². The van der Waals surface area contributed by atoms with Gasteiger partial charge in [-0.1, -0.05) is 51.1 Å². The van der Waals surface area contributed by atoms with E-state index in [1.165, 1.54) is 6.07 Å². The number of halogens is 1. The minimum absolute atomic E-state index is 0.0100. The molecule has 0 radical (unpaired) electrons. The van der Waals surface area contributed by atoms with Gasteiger partial charge in [-0.2, -0.15) is 5.26 Å². The summed E-state index contributed by atoms with van der Waals surface area (Å²) in [6.07, 6.45) is 2.42. The first-order valence-corrected chi connectivity index (χ1v) is 9.92. The number of likely N-dealkylation sites (tertiary alicyclic amines) is 1. The first-order chi connectivity index (χ1) is 13.3. The highest BCUT2D eigenvalue weighted by Crippen LogP contribution is 2.49. The Labute approximate surface area is 167 Å². The van der Waals surface area contributed by atoms with Gasteiger partial charge in [-0.05, 0) is 54.5 Å². The Bertz CT molecular complexity index is 857. The molecule has 0 bridgehead atoms. The minimum atomic E-state index is -0.290. The van der Waals surface area contributed by atoms with Crippen LogP contribution in [0.5, 0.6) is 5.75 Å². The van der Waals surface area contributed by atoms with E-state index >= 15 is 0 Å². The van der Waals surface area contributed by atoms with Crippen LogP contribution in [-0.2, 0) is 6.54 Å². The summed E-state index contributed by atoms with van der Waals surface area (Å²) in [5.74, 6) is -0.186. The second-order valence-corrected chi connectivity index (χ2v) is 8.97. The van der Waals surface area contributed by atoms with Crippen LogP contribution < -0.4 is 0 Å². The predicted octanol–water partition coefficient (Wildman–Crippen LogP) is 5.74. The highest BCUT2D eigenvalue weighted by Gasteiger charge is 2.43. The molecule has 0 amide bonds. The highest BCUT2D eigenvalue weighted by atomic mass is 19.1. The Morgan fingerprint density at radius 3 is 2.36 bits per heavy atom. The van der Waals surface area contributed by atoms with Gasteiger partial charge in [0, 0.05) is 24.1 Å². The molecule has 148 valence electrons. The van der Waals surface area contributed by atoms with Gasteiger partial charge in [0.05, 0.1) is 6.07 Å². The summed E-state index contributed by atoms with van der Waals surface area (Å²) in [4.78, 5) is 2.22. The summed E-state index contributed by atoms with van der Waals surface area (Å²) >= 11 is 0. The van der Waals surface area contributed by atoms with Gasteiger partial charge in [0.15, 0.2) is 0 Å². The molecule has 0 aliphatic carbocycles. The predicted molar refractivity (Wildman–Crippen MR) is 110 cm³/mol. The average Bonchev–Trinajstić information content (AvgIpc) is 2.66. The van der Waals surface area contributed by atoms with Crippen LogP contribution in [0.3, 0.4) is 0 Å². The van der Waals surface area contributed by atoms with Crippen molar-refractivity contribution in [3.8, 4) is 22.9 Å². The molecule has 0 atom stereocenters. The molecule has 3 rings (SSSR count). The van der Waals surface area contributed by atoms with Gasteiger partial charge in [0.25, 0.3) is 0 Å². The molecule has 4 heteroatoms. The van der Waals surface area contributed by atoms with E-state index in [2.05, 4.69) is 31.7 Å². The molecule has 1 N–H and O–H groups in total. The number of rotatable bonds is 4. The molecule has 0 spiro atoms. The average molecular weight is 381 g/mol. The lowest BCUT2D eigenvalue weighted by Crippen LogP contribution is -2.46. The summed E-state index contributed by atoms with van der Waals surface area (Å²) < 4.78 is 14.8. The number of nitrogens with zero attached hydrogens (tertiary/aromatic N) is 2. The van der Waals surface area contributed by atoms with Crippen molar-refractivity contribution in [2.24, 2.45) is 10.8 Å². The lowest BCUT2D eigenvalue weighted by Gasteiger charge is -2.49. The van der Waals surface area contributed by atoms with Crippen molar-refractivity contribution < 1.29 is 9.50 Å². The second-order valence-electron chi connectivity index (χ2n) is 8.97. The Balaban J connectivity index is 1.74. The highest BCUT2D eigenvalue weighted by molar-refractivity contribution is 5.70. The van der Waals surface area contributed by atoms with Crippen LogP contribution in [0.15, 0.2) is 42.5 Å². The van der Waals surface area contributed by atoms with Crippen molar-refractivity contribution in [3.05, 3.63) is 53.8 Å². The zero-order valence-electron chi connectivity index (χ0n) is 17.0. The standard InChI is InChI=1S/C24H29FN2O/c1-23(2,3)24(9-12-26)10-13-27(14-11-24)17-19-15-22(28)20(16-21(19)25)18-7-5-4-6-8-18/h4-8,15-16,28H,9-11,13-14,17H2,1-3H3. The molecule has 2 aromatic carbocycles. The number of nitriles is 1. The summed E-state index contributed by atoms with van der Waals surface area (Å²) in [5.41, 5.74) is 1.91. The van der Waals surface area contributed by atoms with Gasteiger partial charge in [0.1, 0.15) is 11.6 Å². The van der Waals surface area contributed by atoms with E-state index in [0.717, 1.165) is 31.5 Å². The number of hydrogen-bond donors (Lipinski definition) is 1. The van der Waals surface area contributed by atoms with Crippen LogP contribution in [0.1, 0.15) is 45.6 Å². The van der Waals surface area contributed by atoms with Crippen molar-refractivity contribution >= 4 is 0 Å². The molecule has 1 aliphatic heterocycles. The molecule has 0 unspecified atom stereocenters. The van der Waals surface area contributed by atoms with E-state index < -0.39 is 0 Å². The van der Waals surface area contributed by atoms with Crippen molar-refractivity contribution in [3.63, 3.8) is 0 Å². The van der Waals surface area contributed by atoms with Crippen LogP contribution in [0.4, 0.5) is 4.39 Å². The number of phenolic OH excluding ortho intramolecular Hbond substituents is 1. The Hall–Kier alpha value is -2.38. The lowest BCUT2D eigenvalue weighted by atomic mass is 9.60. The zero-order chi connectivity index (χ0) is 20.4. The first kappa shape index (κ1) is 20.4. The van der Waals surface area contributed by atoms with Crippen LogP contribution in [-0.4, -0.2) is 23.1 Å². The van der Waals surface area contributed by atoms with Crippen molar-refractivity contribution in [1.29, 1.82) is 5.26 Å². The van der Waals surface area contributed by atoms with Crippen molar-refractivity contribution in [2.75, 3.05) is 13.1 Å². The number of hydrogen-bond acceptors (Lipinski definition) is 3. The van der Waals surface area contributed by atoms with Crippen molar-refractivity contribution in [2.45, 2.75) is 46.6 Å². The van der Waals surface area contributed by atoms with Crippen LogP contribution in [0.25, 0.3) is 11.1 Å². The van der Waals surface area contributed by atoms with Gasteiger partial charge in [0.2, 0.25) is 0 Å². The van der Waals surface area contributed by atoms with Gasteiger partial charge < -0.3 is 5.11 Å². The summed E-state index contributed by atoms with van der Waals surface area (Å²) in [7, 11) is 0. The second kappa shape index (κ2) is 7.93. The van der Waals surface area contributed by atoms with Gasteiger partial charge in [-0.25, -0.2) is 4.39 Å². The number of benzene rings is 2. The fourth-order valence-electron chi connectivity index (χ4n) is 4.30. The molecular weight excluding hydrogens is 351 g/mol. The Morgan fingerprint density at radius 2 is 1.79 bits per heavy atom. The molecule has 0 aromatic heterocycles. The smallest absolute Gasteiger partial charge is 0.128 e.